The number of amides is 1. The third-order valence-corrected chi connectivity index (χ3v) is 6.23. The minimum Gasteiger partial charge on any atom is -0.497 e. The number of anilines is 1. The van der Waals surface area contributed by atoms with Gasteiger partial charge in [-0.1, -0.05) is 42.1 Å². The molecule has 0 aliphatic carbocycles. The van der Waals surface area contributed by atoms with Gasteiger partial charge in [0.15, 0.2) is 16.6 Å². The molecule has 1 N–H and O–H groups in total. The predicted octanol–water partition coefficient (Wildman–Crippen LogP) is 5.72. The van der Waals surface area contributed by atoms with Crippen molar-refractivity contribution < 1.29 is 14.3 Å². The lowest BCUT2D eigenvalue weighted by Gasteiger charge is -2.12. The molecule has 0 radical (unpaired) electrons. The molecule has 0 unspecified atom stereocenters. The summed E-state index contributed by atoms with van der Waals surface area (Å²) in [7, 11) is 1.64. The number of aromatic nitrogens is 3. The Labute approximate surface area is 200 Å². The van der Waals surface area contributed by atoms with Gasteiger partial charge in [0.2, 0.25) is 5.91 Å². The lowest BCUT2D eigenvalue weighted by Crippen LogP contribution is -2.15. The van der Waals surface area contributed by atoms with E-state index in [1.54, 1.807) is 7.11 Å². The molecule has 34 heavy (non-hydrogen) atoms. The zero-order valence-corrected chi connectivity index (χ0v) is 19.5. The van der Waals surface area contributed by atoms with Crippen molar-refractivity contribution in [3.63, 3.8) is 0 Å². The van der Waals surface area contributed by atoms with E-state index in [0.29, 0.717) is 22.3 Å². The zero-order valence-electron chi connectivity index (χ0n) is 18.7. The number of benzene rings is 3. The van der Waals surface area contributed by atoms with Crippen LogP contribution in [0.25, 0.3) is 16.6 Å². The van der Waals surface area contributed by atoms with Gasteiger partial charge in [-0.3, -0.25) is 9.20 Å². The van der Waals surface area contributed by atoms with Crippen molar-refractivity contribution in [2.75, 3.05) is 18.2 Å². The smallest absolute Gasteiger partial charge is 0.234 e. The normalized spacial score (nSPS) is 11.0. The number of ether oxygens (including phenoxy) is 2. The molecule has 3 aromatic carbocycles. The van der Waals surface area contributed by atoms with Crippen molar-refractivity contribution in [1.29, 1.82) is 0 Å². The summed E-state index contributed by atoms with van der Waals surface area (Å²) in [6.07, 6.45) is 0. The molecule has 5 rings (SSSR count). The number of para-hydroxylation sites is 3. The molecule has 2 heterocycles. The third kappa shape index (κ3) is 4.40. The number of nitrogens with zero attached hydrogens (tertiary/aromatic N) is 3. The highest BCUT2D eigenvalue weighted by molar-refractivity contribution is 7.99. The Balaban J connectivity index is 1.36. The molecule has 0 saturated heterocycles. The van der Waals surface area contributed by atoms with Crippen molar-refractivity contribution in [1.82, 2.24) is 14.6 Å². The molecule has 8 heteroatoms. The van der Waals surface area contributed by atoms with E-state index in [9.17, 15) is 4.79 Å². The van der Waals surface area contributed by atoms with Crippen LogP contribution in [0.2, 0.25) is 0 Å². The van der Waals surface area contributed by atoms with Crippen LogP contribution in [0.3, 0.4) is 0 Å². The van der Waals surface area contributed by atoms with Gasteiger partial charge in [0.05, 0.1) is 24.1 Å². The van der Waals surface area contributed by atoms with Gasteiger partial charge in [-0.25, -0.2) is 0 Å². The number of hydrogen-bond acceptors (Lipinski definition) is 6. The SMILES string of the molecule is COc1ccc2cc(C)c3nnc(SCC(=O)Nc4ccccc4Oc4ccccc4)n3c2c1. The van der Waals surface area contributed by atoms with Gasteiger partial charge in [0, 0.05) is 6.07 Å². The first-order valence-electron chi connectivity index (χ1n) is 10.7. The number of rotatable bonds is 7. The van der Waals surface area contributed by atoms with Gasteiger partial charge >= 0.3 is 0 Å². The molecule has 2 aromatic heterocycles. The first-order valence-corrected chi connectivity index (χ1v) is 11.7. The van der Waals surface area contributed by atoms with E-state index in [1.807, 2.05) is 84.1 Å². The molecule has 0 saturated carbocycles. The maximum absolute atomic E-state index is 12.8. The predicted molar refractivity (Wildman–Crippen MR) is 134 cm³/mol. The highest BCUT2D eigenvalue weighted by atomic mass is 32.2. The standard InChI is InChI=1S/C26H22N4O3S/c1-17-14-18-12-13-20(32-2)15-22(18)30-25(17)28-29-26(30)34-16-24(31)27-21-10-6-7-11-23(21)33-19-8-4-3-5-9-19/h3-15H,16H2,1-2H3,(H,27,31). The fourth-order valence-corrected chi connectivity index (χ4v) is 4.44. The van der Waals surface area contributed by atoms with E-state index < -0.39 is 0 Å². The largest absolute Gasteiger partial charge is 0.497 e. The molecule has 0 aliphatic heterocycles. The first kappa shape index (κ1) is 21.8. The maximum Gasteiger partial charge on any atom is 0.234 e. The average Bonchev–Trinajstić information content (AvgIpc) is 3.30. The number of pyridine rings is 1. The van der Waals surface area contributed by atoms with Crippen molar-refractivity contribution >= 4 is 39.9 Å². The zero-order chi connectivity index (χ0) is 23.5. The summed E-state index contributed by atoms with van der Waals surface area (Å²) in [6.45, 7) is 2.00. The number of aryl methyl sites for hydroxylation is 1. The molecular formula is C26H22N4O3S. The molecule has 1 amide bonds. The van der Waals surface area contributed by atoms with Crippen molar-refractivity contribution in [2.24, 2.45) is 0 Å². The molecule has 0 aliphatic rings. The summed E-state index contributed by atoms with van der Waals surface area (Å²) in [5, 5.41) is 13.3. The van der Waals surface area contributed by atoms with Crippen molar-refractivity contribution in [2.45, 2.75) is 12.1 Å². The number of carbonyl (C=O) groups excluding carboxylic acids is 1. The van der Waals surface area contributed by atoms with Gasteiger partial charge in [0.25, 0.3) is 0 Å². The lowest BCUT2D eigenvalue weighted by molar-refractivity contribution is -0.113. The second-order valence-corrected chi connectivity index (χ2v) is 8.58. The minimum absolute atomic E-state index is 0.166. The van der Waals surface area contributed by atoms with Crippen LogP contribution in [0.5, 0.6) is 17.2 Å². The monoisotopic (exact) mass is 470 g/mol. The van der Waals surface area contributed by atoms with E-state index in [1.165, 1.54) is 11.8 Å². The van der Waals surface area contributed by atoms with E-state index in [-0.39, 0.29) is 11.7 Å². The Kier molecular flexibility index (Phi) is 6.05. The molecule has 0 bridgehead atoms. The van der Waals surface area contributed by atoms with E-state index in [0.717, 1.165) is 27.9 Å². The van der Waals surface area contributed by atoms with Gasteiger partial charge in [-0.05, 0) is 60.3 Å². The summed E-state index contributed by atoms with van der Waals surface area (Å²) in [6, 6.07) is 24.8. The Morgan fingerprint density at radius 3 is 2.59 bits per heavy atom. The van der Waals surface area contributed by atoms with Crippen LogP contribution >= 0.6 is 11.8 Å². The quantitative estimate of drug-likeness (QED) is 0.307. The summed E-state index contributed by atoms with van der Waals surface area (Å²) < 4.78 is 13.3. The molecule has 170 valence electrons. The second kappa shape index (κ2) is 9.44. The number of nitrogens with one attached hydrogen (secondary N) is 1. The number of carbonyl (C=O) groups is 1. The Hall–Kier alpha value is -4.04. The van der Waals surface area contributed by atoms with Crippen LogP contribution in [0.15, 0.2) is 84.0 Å². The minimum atomic E-state index is -0.166. The highest BCUT2D eigenvalue weighted by Gasteiger charge is 2.15. The number of methoxy groups -OCH3 is 1. The summed E-state index contributed by atoms with van der Waals surface area (Å²) in [5.74, 6) is 2.02. The molecule has 5 aromatic rings. The van der Waals surface area contributed by atoms with Crippen LogP contribution in [-0.2, 0) is 4.79 Å². The second-order valence-electron chi connectivity index (χ2n) is 7.64. The third-order valence-electron chi connectivity index (χ3n) is 5.30. The summed E-state index contributed by atoms with van der Waals surface area (Å²) >= 11 is 1.33. The van der Waals surface area contributed by atoms with Crippen LogP contribution in [0.1, 0.15) is 5.56 Å². The highest BCUT2D eigenvalue weighted by Crippen LogP contribution is 2.31. The first-order chi connectivity index (χ1) is 16.6. The van der Waals surface area contributed by atoms with Gasteiger partial charge in [-0.15, -0.1) is 10.2 Å². The molecular weight excluding hydrogens is 448 g/mol. The number of thioether (sulfide) groups is 1. The van der Waals surface area contributed by atoms with Gasteiger partial charge in [0.1, 0.15) is 11.5 Å². The topological polar surface area (TPSA) is 77.8 Å². The Bertz CT molecular complexity index is 1480. The molecule has 0 spiro atoms. The van der Waals surface area contributed by atoms with Gasteiger partial charge < -0.3 is 14.8 Å². The van der Waals surface area contributed by atoms with Crippen LogP contribution in [-0.4, -0.2) is 33.4 Å². The fraction of sp³-hybridized carbons (Fsp3) is 0.115. The fourth-order valence-electron chi connectivity index (χ4n) is 3.69. The molecule has 0 atom stereocenters. The van der Waals surface area contributed by atoms with Crippen molar-refractivity contribution in [3.05, 3.63) is 84.4 Å². The van der Waals surface area contributed by atoms with Crippen LogP contribution < -0.4 is 14.8 Å². The Morgan fingerprint density at radius 1 is 0.971 bits per heavy atom. The van der Waals surface area contributed by atoms with Gasteiger partial charge in [-0.2, -0.15) is 0 Å². The Morgan fingerprint density at radius 2 is 1.76 bits per heavy atom. The van der Waals surface area contributed by atoms with Crippen LogP contribution in [0.4, 0.5) is 5.69 Å². The van der Waals surface area contributed by atoms with E-state index in [2.05, 4.69) is 21.6 Å². The average molecular weight is 471 g/mol. The summed E-state index contributed by atoms with van der Waals surface area (Å²) in [4.78, 5) is 12.8. The number of hydrogen-bond donors (Lipinski definition) is 1. The van der Waals surface area contributed by atoms with Crippen LogP contribution in [0, 0.1) is 6.92 Å². The lowest BCUT2D eigenvalue weighted by atomic mass is 10.1. The maximum atomic E-state index is 12.8. The summed E-state index contributed by atoms with van der Waals surface area (Å²) in [5.41, 5.74) is 3.29. The molecule has 7 nitrogen and oxygen atoms in total. The number of fused-ring (bicyclic) bond motifs is 3. The van der Waals surface area contributed by atoms with E-state index >= 15 is 0 Å². The van der Waals surface area contributed by atoms with Crippen molar-refractivity contribution in [3.8, 4) is 17.2 Å². The van der Waals surface area contributed by atoms with E-state index in [4.69, 9.17) is 9.47 Å². The molecule has 0 fully saturated rings.